The highest BCUT2D eigenvalue weighted by Crippen LogP contribution is 2.22. The molecule has 8 nitrogen and oxygen atoms in total. The van der Waals surface area contributed by atoms with Gasteiger partial charge in [0, 0.05) is 30.0 Å². The summed E-state index contributed by atoms with van der Waals surface area (Å²) in [5.74, 6) is -1.76. The van der Waals surface area contributed by atoms with Crippen LogP contribution in [0, 0.1) is 15.9 Å². The van der Waals surface area contributed by atoms with Crippen molar-refractivity contribution < 1.29 is 23.6 Å². The number of benzene rings is 2. The standard InChI is InChI=1S/C18H16FN3O5/c19-14-7-6-13(22(25)26)10-15(14)21-17(23)11-3-1-4-12(9-11)20-18(24)16-5-2-8-27-16/h1,3-4,6-7,9-10,16H,2,5,8H2,(H,20,24)(H,21,23). The molecule has 0 aromatic heterocycles. The van der Waals surface area contributed by atoms with Crippen LogP contribution in [0.1, 0.15) is 23.2 Å². The molecule has 3 rings (SSSR count). The number of carbonyl (C=O) groups is 2. The Morgan fingerprint density at radius 3 is 2.70 bits per heavy atom. The summed E-state index contributed by atoms with van der Waals surface area (Å²) in [7, 11) is 0. The average Bonchev–Trinajstić information content (AvgIpc) is 3.18. The average molecular weight is 373 g/mol. The van der Waals surface area contributed by atoms with Crippen molar-refractivity contribution in [2.75, 3.05) is 17.2 Å². The van der Waals surface area contributed by atoms with Gasteiger partial charge in [-0.1, -0.05) is 6.07 Å². The minimum Gasteiger partial charge on any atom is -0.368 e. The first-order valence-corrected chi connectivity index (χ1v) is 8.22. The lowest BCUT2D eigenvalue weighted by Gasteiger charge is -2.11. The monoisotopic (exact) mass is 373 g/mol. The van der Waals surface area contributed by atoms with Crippen LogP contribution in [0.4, 0.5) is 21.5 Å². The largest absolute Gasteiger partial charge is 0.368 e. The summed E-state index contributed by atoms with van der Waals surface area (Å²) in [5.41, 5.74) is -0.0963. The Morgan fingerprint density at radius 1 is 1.19 bits per heavy atom. The summed E-state index contributed by atoms with van der Waals surface area (Å²) in [6, 6.07) is 8.93. The molecule has 9 heteroatoms. The number of nitro benzene ring substituents is 1. The van der Waals surface area contributed by atoms with E-state index < -0.39 is 22.8 Å². The summed E-state index contributed by atoms with van der Waals surface area (Å²) in [4.78, 5) is 34.6. The maximum atomic E-state index is 13.8. The van der Waals surface area contributed by atoms with Crippen molar-refractivity contribution in [3.05, 3.63) is 64.0 Å². The van der Waals surface area contributed by atoms with Gasteiger partial charge in [-0.2, -0.15) is 0 Å². The topological polar surface area (TPSA) is 111 Å². The fraction of sp³-hybridized carbons (Fsp3) is 0.222. The molecule has 140 valence electrons. The highest BCUT2D eigenvalue weighted by Gasteiger charge is 2.23. The fourth-order valence-electron chi connectivity index (χ4n) is 2.66. The van der Waals surface area contributed by atoms with Crippen LogP contribution >= 0.6 is 0 Å². The van der Waals surface area contributed by atoms with Gasteiger partial charge in [-0.05, 0) is 37.1 Å². The highest BCUT2D eigenvalue weighted by atomic mass is 19.1. The predicted molar refractivity (Wildman–Crippen MR) is 95.1 cm³/mol. The zero-order valence-corrected chi connectivity index (χ0v) is 14.1. The molecular weight excluding hydrogens is 357 g/mol. The Hall–Kier alpha value is -3.33. The molecule has 1 fully saturated rings. The summed E-state index contributed by atoms with van der Waals surface area (Å²) in [6.07, 6.45) is 0.939. The second-order valence-corrected chi connectivity index (χ2v) is 5.95. The van der Waals surface area contributed by atoms with Gasteiger partial charge in [-0.15, -0.1) is 0 Å². The van der Waals surface area contributed by atoms with E-state index in [1.807, 2.05) is 0 Å². The Labute approximate surface area is 153 Å². The Morgan fingerprint density at radius 2 is 2.00 bits per heavy atom. The summed E-state index contributed by atoms with van der Waals surface area (Å²) >= 11 is 0. The summed E-state index contributed by atoms with van der Waals surface area (Å²) in [6.45, 7) is 0.537. The minimum atomic E-state index is -0.795. The number of amides is 2. The van der Waals surface area contributed by atoms with E-state index in [0.29, 0.717) is 18.7 Å². The zero-order valence-electron chi connectivity index (χ0n) is 14.1. The van der Waals surface area contributed by atoms with E-state index in [0.717, 1.165) is 24.6 Å². The van der Waals surface area contributed by atoms with E-state index in [9.17, 15) is 24.1 Å². The van der Waals surface area contributed by atoms with E-state index in [1.54, 1.807) is 12.1 Å². The number of hydrogen-bond donors (Lipinski definition) is 2. The van der Waals surface area contributed by atoms with Crippen molar-refractivity contribution in [3.63, 3.8) is 0 Å². The van der Waals surface area contributed by atoms with Crippen molar-refractivity contribution in [2.24, 2.45) is 0 Å². The molecule has 1 saturated heterocycles. The van der Waals surface area contributed by atoms with Crippen molar-refractivity contribution >= 4 is 28.9 Å². The fourth-order valence-corrected chi connectivity index (χ4v) is 2.66. The molecule has 27 heavy (non-hydrogen) atoms. The number of rotatable bonds is 5. The van der Waals surface area contributed by atoms with Gasteiger partial charge in [0.2, 0.25) is 0 Å². The Balaban J connectivity index is 1.73. The van der Waals surface area contributed by atoms with Crippen LogP contribution in [0.3, 0.4) is 0 Å². The third-order valence-corrected chi connectivity index (χ3v) is 4.02. The first-order valence-electron chi connectivity index (χ1n) is 8.22. The number of nitro groups is 1. The molecule has 0 spiro atoms. The predicted octanol–water partition coefficient (Wildman–Crippen LogP) is 3.10. The van der Waals surface area contributed by atoms with Crippen LogP contribution < -0.4 is 10.6 Å². The quantitative estimate of drug-likeness (QED) is 0.618. The van der Waals surface area contributed by atoms with Crippen LogP contribution in [-0.4, -0.2) is 29.4 Å². The second kappa shape index (κ2) is 7.92. The zero-order chi connectivity index (χ0) is 19.4. The second-order valence-electron chi connectivity index (χ2n) is 5.95. The van der Waals surface area contributed by atoms with Crippen molar-refractivity contribution in [3.8, 4) is 0 Å². The molecule has 0 radical (unpaired) electrons. The number of carbonyl (C=O) groups excluding carboxylic acids is 2. The maximum absolute atomic E-state index is 13.8. The molecule has 2 aromatic rings. The molecule has 1 heterocycles. The molecule has 0 saturated carbocycles. The lowest BCUT2D eigenvalue weighted by atomic mass is 10.1. The van der Waals surface area contributed by atoms with Crippen molar-refractivity contribution in [2.45, 2.75) is 18.9 Å². The highest BCUT2D eigenvalue weighted by molar-refractivity contribution is 6.05. The third kappa shape index (κ3) is 4.45. The molecule has 2 aromatic carbocycles. The molecule has 0 aliphatic carbocycles. The van der Waals surface area contributed by atoms with Crippen LogP contribution in [0.25, 0.3) is 0 Å². The van der Waals surface area contributed by atoms with Crippen LogP contribution in [0.15, 0.2) is 42.5 Å². The van der Waals surface area contributed by atoms with Gasteiger partial charge < -0.3 is 15.4 Å². The van der Waals surface area contributed by atoms with Gasteiger partial charge in [0.25, 0.3) is 17.5 Å². The molecule has 1 unspecified atom stereocenters. The maximum Gasteiger partial charge on any atom is 0.271 e. The number of anilines is 2. The molecule has 2 N–H and O–H groups in total. The van der Waals surface area contributed by atoms with Crippen LogP contribution in [-0.2, 0) is 9.53 Å². The summed E-state index contributed by atoms with van der Waals surface area (Å²) in [5, 5.41) is 15.8. The smallest absolute Gasteiger partial charge is 0.271 e. The van der Waals surface area contributed by atoms with Crippen LogP contribution in [0.5, 0.6) is 0 Å². The first kappa shape index (κ1) is 18.5. The summed E-state index contributed by atoms with van der Waals surface area (Å²) < 4.78 is 19.1. The van der Waals surface area contributed by atoms with E-state index in [1.165, 1.54) is 12.1 Å². The normalized spacial score (nSPS) is 16.0. The SMILES string of the molecule is O=C(Nc1cc([N+](=O)[O-])ccc1F)c1cccc(NC(=O)C2CCCO2)c1. The van der Waals surface area contributed by atoms with Crippen LogP contribution in [0.2, 0.25) is 0 Å². The molecule has 1 aliphatic rings. The number of halogens is 1. The number of non-ortho nitro benzene ring substituents is 1. The van der Waals surface area contributed by atoms with Gasteiger partial charge in [0.15, 0.2) is 0 Å². The number of ether oxygens (including phenoxy) is 1. The van der Waals surface area contributed by atoms with Gasteiger partial charge >= 0.3 is 0 Å². The molecule has 2 amide bonds. The molecule has 1 aliphatic heterocycles. The Kier molecular flexibility index (Phi) is 5.41. The van der Waals surface area contributed by atoms with Gasteiger partial charge in [0.05, 0.1) is 10.6 Å². The van der Waals surface area contributed by atoms with E-state index in [2.05, 4.69) is 10.6 Å². The van der Waals surface area contributed by atoms with Gasteiger partial charge in [0.1, 0.15) is 11.9 Å². The van der Waals surface area contributed by atoms with Crippen molar-refractivity contribution in [1.82, 2.24) is 0 Å². The van der Waals surface area contributed by atoms with E-state index in [4.69, 9.17) is 4.74 Å². The molecule has 1 atom stereocenters. The molecule has 0 bridgehead atoms. The lowest BCUT2D eigenvalue weighted by molar-refractivity contribution is -0.384. The van der Waals surface area contributed by atoms with Gasteiger partial charge in [-0.25, -0.2) is 4.39 Å². The van der Waals surface area contributed by atoms with E-state index in [-0.39, 0.29) is 22.8 Å². The van der Waals surface area contributed by atoms with E-state index >= 15 is 0 Å². The number of nitrogens with zero attached hydrogens (tertiary/aromatic N) is 1. The number of hydrogen-bond acceptors (Lipinski definition) is 5. The van der Waals surface area contributed by atoms with Gasteiger partial charge in [-0.3, -0.25) is 19.7 Å². The molecular formula is C18H16FN3O5. The Bertz CT molecular complexity index is 896. The lowest BCUT2D eigenvalue weighted by Crippen LogP contribution is -2.27. The number of nitrogens with one attached hydrogen (secondary N) is 2. The third-order valence-electron chi connectivity index (χ3n) is 4.02. The first-order chi connectivity index (χ1) is 12.9. The van der Waals surface area contributed by atoms with Crippen molar-refractivity contribution in [1.29, 1.82) is 0 Å². The minimum absolute atomic E-state index is 0.158.